The molecule has 0 amide bonds. The van der Waals surface area contributed by atoms with Gasteiger partial charge in [0.05, 0.1) is 0 Å². The predicted molar refractivity (Wildman–Crippen MR) is 81.7 cm³/mol. The molecule has 0 atom stereocenters. The molecule has 0 bridgehead atoms. The third-order valence-electron chi connectivity index (χ3n) is 4.13. The Bertz CT molecular complexity index is 565. The topological polar surface area (TPSA) is 8.17 Å². The summed E-state index contributed by atoms with van der Waals surface area (Å²) in [6, 6.07) is 6.19. The molecule has 19 heavy (non-hydrogen) atoms. The second kappa shape index (κ2) is 5.56. The van der Waals surface area contributed by atoms with Gasteiger partial charge in [-0.1, -0.05) is 24.4 Å². The minimum absolute atomic E-state index is 0.829. The normalized spacial score (nSPS) is 17.8. The van der Waals surface area contributed by atoms with Crippen LogP contribution in [0, 0.1) is 0 Å². The Balaban J connectivity index is 1.89. The lowest BCUT2D eigenvalue weighted by molar-refractivity contribution is 0.278. The van der Waals surface area contributed by atoms with Crippen molar-refractivity contribution in [3.63, 3.8) is 0 Å². The molecular formula is C16H21ClN2. The third kappa shape index (κ3) is 2.80. The van der Waals surface area contributed by atoms with Gasteiger partial charge < -0.3 is 4.57 Å². The van der Waals surface area contributed by atoms with Crippen LogP contribution in [-0.2, 0) is 13.6 Å². The molecule has 1 aromatic heterocycles. The van der Waals surface area contributed by atoms with Crippen molar-refractivity contribution in [1.29, 1.82) is 0 Å². The highest BCUT2D eigenvalue weighted by Crippen LogP contribution is 2.26. The van der Waals surface area contributed by atoms with Gasteiger partial charge in [0, 0.05) is 35.7 Å². The van der Waals surface area contributed by atoms with E-state index in [4.69, 9.17) is 11.6 Å². The van der Waals surface area contributed by atoms with Gasteiger partial charge in [0.25, 0.3) is 0 Å². The Kier molecular flexibility index (Phi) is 3.81. The minimum Gasteiger partial charge on any atom is -0.350 e. The zero-order valence-electron chi connectivity index (χ0n) is 11.5. The molecule has 3 rings (SSSR count). The Morgan fingerprint density at radius 3 is 2.58 bits per heavy atom. The number of benzene rings is 1. The predicted octanol–water partition coefficient (Wildman–Crippen LogP) is 4.21. The van der Waals surface area contributed by atoms with E-state index in [1.165, 1.54) is 55.2 Å². The zero-order valence-corrected chi connectivity index (χ0v) is 12.3. The molecule has 2 heterocycles. The summed E-state index contributed by atoms with van der Waals surface area (Å²) in [4.78, 5) is 2.59. The lowest BCUT2D eigenvalue weighted by Crippen LogP contribution is -2.23. The fourth-order valence-electron chi connectivity index (χ4n) is 3.11. The number of halogens is 1. The van der Waals surface area contributed by atoms with Crippen LogP contribution in [-0.4, -0.2) is 22.6 Å². The van der Waals surface area contributed by atoms with E-state index in [0.717, 1.165) is 11.6 Å². The molecular weight excluding hydrogens is 256 g/mol. The SMILES string of the molecule is Cn1cc(CN2CCCCCC2)c2cc(Cl)ccc21. The maximum atomic E-state index is 6.15. The van der Waals surface area contributed by atoms with Gasteiger partial charge in [0.15, 0.2) is 0 Å². The lowest BCUT2D eigenvalue weighted by Gasteiger charge is -2.19. The van der Waals surface area contributed by atoms with Crippen molar-refractivity contribution in [2.24, 2.45) is 7.05 Å². The Labute approximate surface area is 120 Å². The van der Waals surface area contributed by atoms with E-state index >= 15 is 0 Å². The second-order valence-corrected chi connectivity index (χ2v) is 6.05. The highest BCUT2D eigenvalue weighted by Gasteiger charge is 2.13. The van der Waals surface area contributed by atoms with Gasteiger partial charge in [-0.2, -0.15) is 0 Å². The molecule has 1 aliphatic heterocycles. The molecule has 102 valence electrons. The van der Waals surface area contributed by atoms with Gasteiger partial charge in [0.1, 0.15) is 0 Å². The first-order valence-electron chi connectivity index (χ1n) is 7.20. The van der Waals surface area contributed by atoms with Crippen LogP contribution < -0.4 is 0 Å². The summed E-state index contributed by atoms with van der Waals surface area (Å²) in [5.41, 5.74) is 2.68. The molecule has 3 heteroatoms. The van der Waals surface area contributed by atoms with Gasteiger partial charge >= 0.3 is 0 Å². The average molecular weight is 277 g/mol. The van der Waals surface area contributed by atoms with Crippen molar-refractivity contribution >= 4 is 22.5 Å². The molecule has 0 N–H and O–H groups in total. The summed E-state index contributed by atoms with van der Waals surface area (Å²) in [5.74, 6) is 0. The fourth-order valence-corrected chi connectivity index (χ4v) is 3.28. The van der Waals surface area contributed by atoms with Gasteiger partial charge in [-0.15, -0.1) is 0 Å². The molecule has 1 aromatic carbocycles. The Morgan fingerprint density at radius 1 is 1.11 bits per heavy atom. The van der Waals surface area contributed by atoms with E-state index in [9.17, 15) is 0 Å². The summed E-state index contributed by atoms with van der Waals surface area (Å²) in [7, 11) is 2.11. The number of hydrogen-bond donors (Lipinski definition) is 0. The fraction of sp³-hybridized carbons (Fsp3) is 0.500. The van der Waals surface area contributed by atoms with E-state index in [0.29, 0.717) is 0 Å². The highest BCUT2D eigenvalue weighted by atomic mass is 35.5. The molecule has 0 unspecified atom stereocenters. The third-order valence-corrected chi connectivity index (χ3v) is 4.36. The average Bonchev–Trinajstić information content (AvgIpc) is 2.58. The molecule has 2 nitrogen and oxygen atoms in total. The number of aromatic nitrogens is 1. The quantitative estimate of drug-likeness (QED) is 0.798. The summed E-state index contributed by atoms with van der Waals surface area (Å²) >= 11 is 6.15. The maximum absolute atomic E-state index is 6.15. The number of likely N-dealkylation sites (tertiary alicyclic amines) is 1. The van der Waals surface area contributed by atoms with Crippen LogP contribution in [0.4, 0.5) is 0 Å². The van der Waals surface area contributed by atoms with E-state index in [-0.39, 0.29) is 0 Å². The molecule has 0 spiro atoms. The molecule has 0 saturated carbocycles. The summed E-state index contributed by atoms with van der Waals surface area (Å²) < 4.78 is 2.21. The first-order chi connectivity index (χ1) is 9.24. The maximum Gasteiger partial charge on any atom is 0.0482 e. The lowest BCUT2D eigenvalue weighted by atomic mass is 10.1. The summed E-state index contributed by atoms with van der Waals surface area (Å²) in [6.45, 7) is 3.52. The number of rotatable bonds is 2. The largest absolute Gasteiger partial charge is 0.350 e. The van der Waals surface area contributed by atoms with Gasteiger partial charge in [-0.25, -0.2) is 0 Å². The zero-order chi connectivity index (χ0) is 13.2. The Morgan fingerprint density at radius 2 is 1.84 bits per heavy atom. The van der Waals surface area contributed by atoms with Crippen LogP contribution in [0.25, 0.3) is 10.9 Å². The first kappa shape index (κ1) is 13.0. The van der Waals surface area contributed by atoms with Gasteiger partial charge in [0.2, 0.25) is 0 Å². The van der Waals surface area contributed by atoms with E-state index in [1.807, 2.05) is 6.07 Å². The highest BCUT2D eigenvalue weighted by molar-refractivity contribution is 6.31. The van der Waals surface area contributed by atoms with Crippen LogP contribution in [0.1, 0.15) is 31.2 Å². The van der Waals surface area contributed by atoms with Gasteiger partial charge in [-0.05, 0) is 49.7 Å². The summed E-state index contributed by atoms with van der Waals surface area (Å²) in [6.07, 6.45) is 7.71. The van der Waals surface area contributed by atoms with Crippen LogP contribution in [0.2, 0.25) is 5.02 Å². The Hall–Kier alpha value is -0.990. The van der Waals surface area contributed by atoms with Crippen molar-refractivity contribution in [3.05, 3.63) is 35.0 Å². The van der Waals surface area contributed by atoms with Crippen LogP contribution in [0.5, 0.6) is 0 Å². The molecule has 0 radical (unpaired) electrons. The minimum atomic E-state index is 0.829. The van der Waals surface area contributed by atoms with E-state index in [1.54, 1.807) is 0 Å². The monoisotopic (exact) mass is 276 g/mol. The number of nitrogens with zero attached hydrogens (tertiary/aromatic N) is 2. The first-order valence-corrected chi connectivity index (χ1v) is 7.57. The van der Waals surface area contributed by atoms with Crippen molar-refractivity contribution in [2.75, 3.05) is 13.1 Å². The number of fused-ring (bicyclic) bond motifs is 1. The van der Waals surface area contributed by atoms with E-state index < -0.39 is 0 Å². The molecule has 2 aromatic rings. The molecule has 0 aliphatic carbocycles. The van der Waals surface area contributed by atoms with Crippen LogP contribution >= 0.6 is 11.6 Å². The standard InChI is InChI=1S/C16H21ClN2/c1-18-11-13(12-19-8-4-2-3-5-9-19)15-10-14(17)6-7-16(15)18/h6-7,10-11H,2-5,8-9,12H2,1H3. The van der Waals surface area contributed by atoms with Gasteiger partial charge in [-0.3, -0.25) is 4.90 Å². The van der Waals surface area contributed by atoms with E-state index in [2.05, 4.69) is 34.8 Å². The summed E-state index contributed by atoms with van der Waals surface area (Å²) in [5, 5.41) is 2.13. The molecule has 1 saturated heterocycles. The van der Waals surface area contributed by atoms with Crippen LogP contribution in [0.3, 0.4) is 0 Å². The van der Waals surface area contributed by atoms with Crippen molar-refractivity contribution in [3.8, 4) is 0 Å². The van der Waals surface area contributed by atoms with Crippen LogP contribution in [0.15, 0.2) is 24.4 Å². The van der Waals surface area contributed by atoms with Crippen molar-refractivity contribution in [1.82, 2.24) is 9.47 Å². The molecule has 1 fully saturated rings. The van der Waals surface area contributed by atoms with Crippen molar-refractivity contribution in [2.45, 2.75) is 32.2 Å². The number of hydrogen-bond acceptors (Lipinski definition) is 1. The molecule has 1 aliphatic rings. The smallest absolute Gasteiger partial charge is 0.0482 e. The number of aryl methyl sites for hydroxylation is 1. The second-order valence-electron chi connectivity index (χ2n) is 5.62. The van der Waals surface area contributed by atoms with Crippen molar-refractivity contribution < 1.29 is 0 Å².